The zero-order valence-corrected chi connectivity index (χ0v) is 15.0. The van der Waals surface area contributed by atoms with E-state index >= 15 is 0 Å². The molecule has 1 saturated heterocycles. The fraction of sp³-hybridized carbons (Fsp3) is 0.588. The number of nitrogens with one attached hydrogen (secondary N) is 1. The Morgan fingerprint density at radius 1 is 1.43 bits per heavy atom. The molecule has 3 rings (SSSR count). The lowest BCUT2D eigenvalue weighted by molar-refractivity contribution is -0.120. The minimum absolute atomic E-state index is 0.120. The largest absolute Gasteiger partial charge is 0.354 e. The van der Waals surface area contributed by atoms with E-state index in [4.69, 9.17) is 4.98 Å². The van der Waals surface area contributed by atoms with Gasteiger partial charge in [-0.2, -0.15) is 0 Å². The van der Waals surface area contributed by atoms with Crippen molar-refractivity contribution in [3.63, 3.8) is 0 Å². The first-order valence-electron chi connectivity index (χ1n) is 8.23. The van der Waals surface area contributed by atoms with Gasteiger partial charge in [-0.15, -0.1) is 11.3 Å². The van der Waals surface area contributed by atoms with Gasteiger partial charge in [0.1, 0.15) is 16.5 Å². The lowest BCUT2D eigenvalue weighted by atomic mass is 10.0. The zero-order chi connectivity index (χ0) is 16.6. The van der Waals surface area contributed by atoms with Crippen LogP contribution in [0.3, 0.4) is 0 Å². The Bertz CT molecular complexity index is 725. The van der Waals surface area contributed by atoms with Gasteiger partial charge in [0.15, 0.2) is 0 Å². The molecule has 0 unspecified atom stereocenters. The summed E-state index contributed by atoms with van der Waals surface area (Å²) in [6, 6.07) is 0.141. The van der Waals surface area contributed by atoms with Gasteiger partial charge in [-0.05, 0) is 37.1 Å². The number of thiophene rings is 1. The first-order valence-corrected chi connectivity index (χ1v) is 9.11. The van der Waals surface area contributed by atoms with Crippen LogP contribution in [0.1, 0.15) is 38.6 Å². The Morgan fingerprint density at radius 2 is 2.22 bits per heavy atom. The van der Waals surface area contributed by atoms with Gasteiger partial charge >= 0.3 is 0 Å². The molecular weight excluding hydrogens is 308 g/mol. The molecule has 2 aromatic heterocycles. The third-order valence-electron chi connectivity index (χ3n) is 4.19. The van der Waals surface area contributed by atoms with E-state index in [9.17, 15) is 4.79 Å². The van der Waals surface area contributed by atoms with Crippen LogP contribution in [0.15, 0.2) is 5.38 Å². The normalized spacial score (nSPS) is 19.3. The first kappa shape index (κ1) is 16.2. The van der Waals surface area contributed by atoms with Crippen LogP contribution in [0.25, 0.3) is 10.2 Å². The van der Waals surface area contributed by atoms with Crippen LogP contribution in [0.5, 0.6) is 0 Å². The Kier molecular flexibility index (Phi) is 4.53. The average molecular weight is 332 g/mol. The van der Waals surface area contributed by atoms with Crippen molar-refractivity contribution >= 4 is 33.3 Å². The molecule has 1 amide bonds. The SMILES string of the molecule is Cc1nc(N2CCNC(=O)C[C@@H]2C)c2c(CC(C)C)csc2n1. The quantitative estimate of drug-likeness (QED) is 0.939. The number of aromatic nitrogens is 2. The molecule has 0 radical (unpaired) electrons. The topological polar surface area (TPSA) is 58.1 Å². The predicted molar refractivity (Wildman–Crippen MR) is 95.1 cm³/mol. The maximum Gasteiger partial charge on any atom is 0.222 e. The van der Waals surface area contributed by atoms with Gasteiger partial charge in [-0.3, -0.25) is 4.79 Å². The highest BCUT2D eigenvalue weighted by Crippen LogP contribution is 2.34. The molecule has 1 fully saturated rings. The molecule has 0 aromatic carbocycles. The van der Waals surface area contributed by atoms with E-state index in [1.165, 1.54) is 10.9 Å². The van der Waals surface area contributed by atoms with Crippen molar-refractivity contribution in [3.05, 3.63) is 16.8 Å². The smallest absolute Gasteiger partial charge is 0.222 e. The molecule has 1 aliphatic rings. The Labute approximate surface area is 141 Å². The van der Waals surface area contributed by atoms with E-state index in [0.29, 0.717) is 18.9 Å². The molecule has 23 heavy (non-hydrogen) atoms. The summed E-state index contributed by atoms with van der Waals surface area (Å²) < 4.78 is 0. The molecule has 1 N–H and O–H groups in total. The van der Waals surface area contributed by atoms with Crippen LogP contribution in [-0.2, 0) is 11.2 Å². The van der Waals surface area contributed by atoms with Gasteiger partial charge in [-0.25, -0.2) is 9.97 Å². The Morgan fingerprint density at radius 3 is 2.96 bits per heavy atom. The number of carbonyl (C=O) groups is 1. The zero-order valence-electron chi connectivity index (χ0n) is 14.2. The number of anilines is 1. The molecule has 6 heteroatoms. The summed E-state index contributed by atoms with van der Waals surface area (Å²) in [5, 5.41) is 6.35. The van der Waals surface area contributed by atoms with Crippen LogP contribution in [0.4, 0.5) is 5.82 Å². The molecule has 0 bridgehead atoms. The summed E-state index contributed by atoms with van der Waals surface area (Å²) in [4.78, 5) is 24.5. The minimum Gasteiger partial charge on any atom is -0.354 e. The molecule has 1 aliphatic heterocycles. The molecule has 0 spiro atoms. The molecule has 3 heterocycles. The predicted octanol–water partition coefficient (Wildman–Crippen LogP) is 2.91. The molecule has 1 atom stereocenters. The lowest BCUT2D eigenvalue weighted by Crippen LogP contribution is -2.35. The van der Waals surface area contributed by atoms with Crippen molar-refractivity contribution in [2.75, 3.05) is 18.0 Å². The highest BCUT2D eigenvalue weighted by molar-refractivity contribution is 7.17. The second-order valence-electron chi connectivity index (χ2n) is 6.73. The number of fused-ring (bicyclic) bond motifs is 1. The monoisotopic (exact) mass is 332 g/mol. The van der Waals surface area contributed by atoms with E-state index in [2.05, 4.69) is 41.4 Å². The van der Waals surface area contributed by atoms with E-state index in [-0.39, 0.29) is 11.9 Å². The van der Waals surface area contributed by atoms with E-state index in [0.717, 1.165) is 29.4 Å². The summed E-state index contributed by atoms with van der Waals surface area (Å²) in [7, 11) is 0. The van der Waals surface area contributed by atoms with Crippen LogP contribution < -0.4 is 10.2 Å². The number of carbonyl (C=O) groups excluding carboxylic acids is 1. The molecular formula is C17H24N4OS. The van der Waals surface area contributed by atoms with Gasteiger partial charge in [0.25, 0.3) is 0 Å². The second kappa shape index (κ2) is 6.43. The third-order valence-corrected chi connectivity index (χ3v) is 5.11. The summed E-state index contributed by atoms with van der Waals surface area (Å²) in [6.45, 7) is 9.96. The van der Waals surface area contributed by atoms with Crippen molar-refractivity contribution in [2.45, 2.75) is 46.6 Å². The summed E-state index contributed by atoms with van der Waals surface area (Å²) in [5.74, 6) is 2.50. The maximum absolute atomic E-state index is 11.8. The molecule has 124 valence electrons. The van der Waals surface area contributed by atoms with Gasteiger partial charge in [-0.1, -0.05) is 13.8 Å². The molecule has 0 saturated carbocycles. The van der Waals surface area contributed by atoms with Crippen LogP contribution in [0.2, 0.25) is 0 Å². The Hall–Kier alpha value is -1.69. The average Bonchev–Trinajstić information content (AvgIpc) is 2.75. The summed E-state index contributed by atoms with van der Waals surface area (Å²) in [6.07, 6.45) is 1.53. The maximum atomic E-state index is 11.8. The highest BCUT2D eigenvalue weighted by Gasteiger charge is 2.26. The van der Waals surface area contributed by atoms with E-state index < -0.39 is 0 Å². The van der Waals surface area contributed by atoms with Crippen molar-refractivity contribution in [2.24, 2.45) is 5.92 Å². The standard InChI is InChI=1S/C17H24N4OS/c1-10(2)7-13-9-23-17-15(13)16(19-12(4)20-17)21-6-5-18-14(22)8-11(21)3/h9-11H,5-8H2,1-4H3,(H,18,22)/t11-/m0/s1. The van der Waals surface area contributed by atoms with Gasteiger partial charge in [0, 0.05) is 25.6 Å². The fourth-order valence-corrected chi connectivity index (χ4v) is 4.18. The first-order chi connectivity index (χ1) is 11.0. The number of nitrogens with zero attached hydrogens (tertiary/aromatic N) is 3. The Balaban J connectivity index is 2.11. The van der Waals surface area contributed by atoms with E-state index in [1.807, 2.05) is 6.92 Å². The lowest BCUT2D eigenvalue weighted by Gasteiger charge is -2.28. The number of hydrogen-bond donors (Lipinski definition) is 1. The van der Waals surface area contributed by atoms with Gasteiger partial charge in [0.05, 0.1) is 5.39 Å². The van der Waals surface area contributed by atoms with Crippen molar-refractivity contribution in [1.29, 1.82) is 0 Å². The second-order valence-corrected chi connectivity index (χ2v) is 7.59. The number of amides is 1. The molecule has 2 aromatic rings. The summed E-state index contributed by atoms with van der Waals surface area (Å²) in [5.41, 5.74) is 1.32. The van der Waals surface area contributed by atoms with Crippen molar-refractivity contribution < 1.29 is 4.79 Å². The van der Waals surface area contributed by atoms with Crippen LogP contribution in [-0.4, -0.2) is 35.0 Å². The fourth-order valence-electron chi connectivity index (χ4n) is 3.18. The van der Waals surface area contributed by atoms with Gasteiger partial charge in [0.2, 0.25) is 5.91 Å². The molecule has 5 nitrogen and oxygen atoms in total. The number of rotatable bonds is 3. The highest BCUT2D eigenvalue weighted by atomic mass is 32.1. The number of hydrogen-bond acceptors (Lipinski definition) is 5. The van der Waals surface area contributed by atoms with Crippen molar-refractivity contribution in [1.82, 2.24) is 15.3 Å². The molecule has 0 aliphatic carbocycles. The summed E-state index contributed by atoms with van der Waals surface area (Å²) >= 11 is 1.69. The van der Waals surface area contributed by atoms with Crippen LogP contribution in [0, 0.1) is 12.8 Å². The van der Waals surface area contributed by atoms with Gasteiger partial charge < -0.3 is 10.2 Å². The minimum atomic E-state index is 0.120. The van der Waals surface area contributed by atoms with E-state index in [1.54, 1.807) is 11.3 Å². The number of aryl methyl sites for hydroxylation is 1. The van der Waals surface area contributed by atoms with Crippen LogP contribution >= 0.6 is 11.3 Å². The van der Waals surface area contributed by atoms with Crippen molar-refractivity contribution in [3.8, 4) is 0 Å². The third kappa shape index (κ3) is 3.32.